The predicted octanol–water partition coefficient (Wildman–Crippen LogP) is 3.08. The van der Waals surface area contributed by atoms with Crippen LogP contribution in [0.3, 0.4) is 0 Å². The molecule has 2 N–H and O–H groups in total. The Balaban J connectivity index is 2.16. The first-order chi connectivity index (χ1) is 5.70. The average molecular weight is 169 g/mol. The largest absolute Gasteiger partial charge is 0.325 e. The summed E-state index contributed by atoms with van der Waals surface area (Å²) in [6.07, 6.45) is 9.25. The topological polar surface area (TPSA) is 26.0 Å². The normalized spacial score (nSPS) is 22.2. The van der Waals surface area contributed by atoms with Crippen LogP contribution in [0, 0.1) is 5.92 Å². The number of rotatable bonds is 6. The Morgan fingerprint density at radius 3 is 2.42 bits per heavy atom. The van der Waals surface area contributed by atoms with Crippen molar-refractivity contribution in [2.45, 2.75) is 64.3 Å². The molecule has 12 heavy (non-hydrogen) atoms. The van der Waals surface area contributed by atoms with Gasteiger partial charge < -0.3 is 5.73 Å². The van der Waals surface area contributed by atoms with Crippen molar-refractivity contribution in [1.82, 2.24) is 0 Å². The molecular weight excluding hydrogens is 146 g/mol. The Hall–Kier alpha value is -0.0400. The van der Waals surface area contributed by atoms with Crippen molar-refractivity contribution in [3.05, 3.63) is 0 Å². The van der Waals surface area contributed by atoms with Gasteiger partial charge in [0.15, 0.2) is 0 Å². The lowest BCUT2D eigenvalue weighted by atomic mass is 9.91. The standard InChI is InChI=1S/C11H23N/c1-3-5-6-10(4-2)9-11(12)7-8-11/h10H,3-9,12H2,1-2H3. The highest BCUT2D eigenvalue weighted by atomic mass is 14.8. The van der Waals surface area contributed by atoms with E-state index in [0.29, 0.717) is 0 Å². The van der Waals surface area contributed by atoms with Crippen molar-refractivity contribution in [2.75, 3.05) is 0 Å². The lowest BCUT2D eigenvalue weighted by molar-refractivity contribution is 0.376. The van der Waals surface area contributed by atoms with Crippen molar-refractivity contribution in [1.29, 1.82) is 0 Å². The molecule has 1 saturated carbocycles. The van der Waals surface area contributed by atoms with Crippen LogP contribution in [0.1, 0.15) is 58.8 Å². The molecule has 0 heterocycles. The van der Waals surface area contributed by atoms with Crippen LogP contribution in [0.25, 0.3) is 0 Å². The predicted molar refractivity (Wildman–Crippen MR) is 54.1 cm³/mol. The van der Waals surface area contributed by atoms with E-state index in [9.17, 15) is 0 Å². The lowest BCUT2D eigenvalue weighted by Crippen LogP contribution is -2.25. The molecule has 1 aliphatic carbocycles. The summed E-state index contributed by atoms with van der Waals surface area (Å²) in [5.74, 6) is 0.900. The van der Waals surface area contributed by atoms with Crippen LogP contribution in [0.4, 0.5) is 0 Å². The van der Waals surface area contributed by atoms with Crippen molar-refractivity contribution in [3.8, 4) is 0 Å². The molecule has 0 spiro atoms. The molecule has 0 saturated heterocycles. The molecule has 1 aliphatic rings. The molecule has 1 heteroatoms. The summed E-state index contributed by atoms with van der Waals surface area (Å²) in [5.41, 5.74) is 6.37. The minimum atomic E-state index is 0.272. The zero-order valence-electron chi connectivity index (χ0n) is 8.60. The van der Waals surface area contributed by atoms with Gasteiger partial charge >= 0.3 is 0 Å². The molecular formula is C11H23N. The maximum Gasteiger partial charge on any atom is 0.0158 e. The second-order valence-corrected chi connectivity index (χ2v) is 4.48. The van der Waals surface area contributed by atoms with Gasteiger partial charge in [0.25, 0.3) is 0 Å². The van der Waals surface area contributed by atoms with Crippen molar-refractivity contribution in [2.24, 2.45) is 11.7 Å². The summed E-state index contributed by atoms with van der Waals surface area (Å²) in [4.78, 5) is 0. The van der Waals surface area contributed by atoms with Gasteiger partial charge in [0, 0.05) is 5.54 Å². The van der Waals surface area contributed by atoms with Crippen LogP contribution < -0.4 is 5.73 Å². The van der Waals surface area contributed by atoms with Crippen LogP contribution in [0.15, 0.2) is 0 Å². The van der Waals surface area contributed by atoms with Gasteiger partial charge in [-0.25, -0.2) is 0 Å². The molecule has 1 rings (SSSR count). The summed E-state index contributed by atoms with van der Waals surface area (Å²) < 4.78 is 0. The zero-order valence-corrected chi connectivity index (χ0v) is 8.60. The summed E-state index contributed by atoms with van der Waals surface area (Å²) in [5, 5.41) is 0. The first-order valence-corrected chi connectivity index (χ1v) is 5.49. The minimum Gasteiger partial charge on any atom is -0.325 e. The minimum absolute atomic E-state index is 0.272. The number of unbranched alkanes of at least 4 members (excludes halogenated alkanes) is 1. The highest BCUT2D eigenvalue weighted by Gasteiger charge is 2.39. The molecule has 72 valence electrons. The van der Waals surface area contributed by atoms with Crippen LogP contribution >= 0.6 is 0 Å². The fourth-order valence-corrected chi connectivity index (χ4v) is 1.88. The average Bonchev–Trinajstić information content (AvgIpc) is 2.77. The third-order valence-electron chi connectivity index (χ3n) is 3.13. The Kier molecular flexibility index (Phi) is 3.57. The maximum absolute atomic E-state index is 6.09. The Morgan fingerprint density at radius 2 is 2.00 bits per heavy atom. The van der Waals surface area contributed by atoms with E-state index in [-0.39, 0.29) is 5.54 Å². The molecule has 1 fully saturated rings. The molecule has 0 aromatic rings. The Bertz CT molecular complexity index is 127. The smallest absolute Gasteiger partial charge is 0.0158 e. The first-order valence-electron chi connectivity index (χ1n) is 5.49. The highest BCUT2D eigenvalue weighted by molar-refractivity contribution is 4.99. The molecule has 1 atom stereocenters. The van der Waals surface area contributed by atoms with Crippen LogP contribution in [-0.4, -0.2) is 5.54 Å². The lowest BCUT2D eigenvalue weighted by Gasteiger charge is -2.18. The third kappa shape index (κ3) is 3.14. The van der Waals surface area contributed by atoms with Crippen molar-refractivity contribution in [3.63, 3.8) is 0 Å². The Labute approximate surface area is 76.7 Å². The van der Waals surface area contributed by atoms with Crippen LogP contribution in [-0.2, 0) is 0 Å². The summed E-state index contributed by atoms with van der Waals surface area (Å²) in [6, 6.07) is 0. The van der Waals surface area contributed by atoms with Gasteiger partial charge in [0.1, 0.15) is 0 Å². The molecule has 0 amide bonds. The van der Waals surface area contributed by atoms with E-state index >= 15 is 0 Å². The van der Waals surface area contributed by atoms with E-state index in [0.717, 1.165) is 5.92 Å². The van der Waals surface area contributed by atoms with Gasteiger partial charge in [-0.2, -0.15) is 0 Å². The summed E-state index contributed by atoms with van der Waals surface area (Å²) >= 11 is 0. The highest BCUT2D eigenvalue weighted by Crippen LogP contribution is 2.40. The van der Waals surface area contributed by atoms with Gasteiger partial charge in [-0.05, 0) is 25.2 Å². The Morgan fingerprint density at radius 1 is 1.33 bits per heavy atom. The van der Waals surface area contributed by atoms with Gasteiger partial charge in [-0.1, -0.05) is 39.5 Å². The quantitative estimate of drug-likeness (QED) is 0.649. The van der Waals surface area contributed by atoms with Crippen LogP contribution in [0.5, 0.6) is 0 Å². The number of hydrogen-bond donors (Lipinski definition) is 1. The molecule has 0 bridgehead atoms. The fraction of sp³-hybridized carbons (Fsp3) is 1.00. The second-order valence-electron chi connectivity index (χ2n) is 4.48. The molecule has 0 aromatic carbocycles. The monoisotopic (exact) mass is 169 g/mol. The van der Waals surface area contributed by atoms with Gasteiger partial charge in [-0.3, -0.25) is 0 Å². The number of hydrogen-bond acceptors (Lipinski definition) is 1. The SMILES string of the molecule is CCCCC(CC)CC1(N)CC1. The molecule has 1 unspecified atom stereocenters. The first kappa shape index (κ1) is 10.0. The van der Waals surface area contributed by atoms with E-state index in [1.807, 2.05) is 0 Å². The van der Waals surface area contributed by atoms with E-state index < -0.39 is 0 Å². The molecule has 1 nitrogen and oxygen atoms in total. The van der Waals surface area contributed by atoms with Crippen molar-refractivity contribution >= 4 is 0 Å². The van der Waals surface area contributed by atoms with Gasteiger partial charge in [-0.15, -0.1) is 0 Å². The van der Waals surface area contributed by atoms with Gasteiger partial charge in [0.2, 0.25) is 0 Å². The number of nitrogens with two attached hydrogens (primary N) is 1. The summed E-state index contributed by atoms with van der Waals surface area (Å²) in [6.45, 7) is 4.56. The van der Waals surface area contributed by atoms with Crippen molar-refractivity contribution < 1.29 is 0 Å². The van der Waals surface area contributed by atoms with E-state index in [2.05, 4.69) is 13.8 Å². The summed E-state index contributed by atoms with van der Waals surface area (Å²) in [7, 11) is 0. The molecule has 0 radical (unpaired) electrons. The maximum atomic E-state index is 6.09. The fourth-order valence-electron chi connectivity index (χ4n) is 1.88. The van der Waals surface area contributed by atoms with E-state index in [1.165, 1.54) is 44.9 Å². The zero-order chi connectivity index (χ0) is 9.03. The molecule has 0 aliphatic heterocycles. The third-order valence-corrected chi connectivity index (χ3v) is 3.13. The molecule has 0 aromatic heterocycles. The van der Waals surface area contributed by atoms with E-state index in [4.69, 9.17) is 5.73 Å². The van der Waals surface area contributed by atoms with E-state index in [1.54, 1.807) is 0 Å². The van der Waals surface area contributed by atoms with Gasteiger partial charge in [0.05, 0.1) is 0 Å². The second kappa shape index (κ2) is 4.27. The van der Waals surface area contributed by atoms with Crippen LogP contribution in [0.2, 0.25) is 0 Å².